The number of likely N-dealkylation sites (tertiary alicyclic amines) is 1. The molecule has 0 aliphatic carbocycles. The summed E-state index contributed by atoms with van der Waals surface area (Å²) >= 11 is 0. The molecule has 2 fully saturated rings. The number of carbonyl (C=O) groups excluding carboxylic acids is 1. The maximum absolute atomic E-state index is 12.7. The van der Waals surface area contributed by atoms with E-state index in [0.717, 1.165) is 51.2 Å². The van der Waals surface area contributed by atoms with Crippen LogP contribution in [0.5, 0.6) is 0 Å². The topological polar surface area (TPSA) is 32.3 Å². The van der Waals surface area contributed by atoms with Crippen LogP contribution in [0, 0.1) is 12.8 Å². The maximum atomic E-state index is 12.7. The van der Waals surface area contributed by atoms with E-state index in [9.17, 15) is 4.79 Å². The van der Waals surface area contributed by atoms with E-state index in [1.54, 1.807) is 0 Å². The lowest BCUT2D eigenvalue weighted by Crippen LogP contribution is -2.32. The first-order valence-electron chi connectivity index (χ1n) is 8.81. The SMILES string of the molecule is Cc1cccc(C2CCCN2C(=O)CCC2CCNCC2)c1. The lowest BCUT2D eigenvalue weighted by molar-refractivity contribution is -0.132. The molecule has 0 bridgehead atoms. The van der Waals surface area contributed by atoms with E-state index in [1.807, 2.05) is 0 Å². The molecule has 1 unspecified atom stereocenters. The van der Waals surface area contributed by atoms with Crippen LogP contribution in [0.15, 0.2) is 24.3 Å². The molecule has 22 heavy (non-hydrogen) atoms. The number of benzene rings is 1. The van der Waals surface area contributed by atoms with Gasteiger partial charge < -0.3 is 10.2 Å². The highest BCUT2D eigenvalue weighted by atomic mass is 16.2. The standard InChI is InChI=1S/C19H28N2O/c1-15-4-2-5-17(14-15)18-6-3-13-21(18)19(22)8-7-16-9-11-20-12-10-16/h2,4-5,14,16,18,20H,3,6-13H2,1H3. The number of amides is 1. The molecular formula is C19H28N2O. The first-order chi connectivity index (χ1) is 10.7. The van der Waals surface area contributed by atoms with E-state index in [2.05, 4.69) is 41.4 Å². The molecule has 2 aliphatic rings. The van der Waals surface area contributed by atoms with Crippen molar-refractivity contribution < 1.29 is 4.79 Å². The summed E-state index contributed by atoms with van der Waals surface area (Å²) in [4.78, 5) is 14.8. The van der Waals surface area contributed by atoms with Crippen LogP contribution in [-0.2, 0) is 4.79 Å². The molecule has 0 spiro atoms. The number of carbonyl (C=O) groups is 1. The van der Waals surface area contributed by atoms with Crippen molar-refractivity contribution in [1.29, 1.82) is 0 Å². The number of rotatable bonds is 4. The highest BCUT2D eigenvalue weighted by Gasteiger charge is 2.30. The van der Waals surface area contributed by atoms with Gasteiger partial charge in [0.1, 0.15) is 0 Å². The summed E-state index contributed by atoms with van der Waals surface area (Å²) in [5, 5.41) is 3.40. The predicted molar refractivity (Wildman–Crippen MR) is 89.7 cm³/mol. The van der Waals surface area contributed by atoms with Crippen LogP contribution < -0.4 is 5.32 Å². The quantitative estimate of drug-likeness (QED) is 0.924. The zero-order valence-corrected chi connectivity index (χ0v) is 13.7. The first-order valence-corrected chi connectivity index (χ1v) is 8.81. The summed E-state index contributed by atoms with van der Waals surface area (Å²) in [6.45, 7) is 5.30. The maximum Gasteiger partial charge on any atom is 0.223 e. The summed E-state index contributed by atoms with van der Waals surface area (Å²) < 4.78 is 0. The zero-order valence-electron chi connectivity index (χ0n) is 13.7. The van der Waals surface area contributed by atoms with Crippen molar-refractivity contribution in [1.82, 2.24) is 10.2 Å². The summed E-state index contributed by atoms with van der Waals surface area (Å²) in [7, 11) is 0. The van der Waals surface area contributed by atoms with Gasteiger partial charge in [0.2, 0.25) is 5.91 Å². The molecule has 2 saturated heterocycles. The van der Waals surface area contributed by atoms with Crippen LogP contribution in [0.25, 0.3) is 0 Å². The zero-order chi connectivity index (χ0) is 15.4. The van der Waals surface area contributed by atoms with Crippen LogP contribution in [0.2, 0.25) is 0 Å². The Morgan fingerprint density at radius 1 is 1.27 bits per heavy atom. The molecule has 3 nitrogen and oxygen atoms in total. The van der Waals surface area contributed by atoms with Gasteiger partial charge in [0, 0.05) is 13.0 Å². The Morgan fingerprint density at radius 2 is 2.09 bits per heavy atom. The molecule has 1 aromatic carbocycles. The molecule has 120 valence electrons. The minimum atomic E-state index is 0.306. The minimum Gasteiger partial charge on any atom is -0.336 e. The fourth-order valence-corrected chi connectivity index (χ4v) is 3.93. The summed E-state index contributed by atoms with van der Waals surface area (Å²) in [5.74, 6) is 1.10. The van der Waals surface area contributed by atoms with Gasteiger partial charge in [-0.25, -0.2) is 0 Å². The van der Waals surface area contributed by atoms with Crippen molar-refractivity contribution in [2.45, 2.75) is 51.5 Å². The third-order valence-corrected chi connectivity index (χ3v) is 5.23. The van der Waals surface area contributed by atoms with Crippen LogP contribution in [0.3, 0.4) is 0 Å². The average molecular weight is 300 g/mol. The molecule has 3 heteroatoms. The second-order valence-electron chi connectivity index (χ2n) is 6.89. The fraction of sp³-hybridized carbons (Fsp3) is 0.632. The highest BCUT2D eigenvalue weighted by Crippen LogP contribution is 2.33. The van der Waals surface area contributed by atoms with Crippen molar-refractivity contribution in [2.75, 3.05) is 19.6 Å². The monoisotopic (exact) mass is 300 g/mol. The van der Waals surface area contributed by atoms with E-state index >= 15 is 0 Å². The molecule has 1 aromatic rings. The van der Waals surface area contributed by atoms with Gasteiger partial charge in [-0.05, 0) is 63.6 Å². The Balaban J connectivity index is 1.58. The van der Waals surface area contributed by atoms with Gasteiger partial charge in [0.25, 0.3) is 0 Å². The fourth-order valence-electron chi connectivity index (χ4n) is 3.93. The number of hydrogen-bond donors (Lipinski definition) is 1. The van der Waals surface area contributed by atoms with Crippen LogP contribution in [0.4, 0.5) is 0 Å². The number of piperidine rings is 1. The largest absolute Gasteiger partial charge is 0.336 e. The normalized spacial score (nSPS) is 23.0. The predicted octanol–water partition coefficient (Wildman–Crippen LogP) is 3.44. The number of nitrogens with one attached hydrogen (secondary N) is 1. The third kappa shape index (κ3) is 3.70. The van der Waals surface area contributed by atoms with Crippen molar-refractivity contribution in [2.24, 2.45) is 5.92 Å². The van der Waals surface area contributed by atoms with Crippen LogP contribution >= 0.6 is 0 Å². The Bertz CT molecular complexity index is 508. The highest BCUT2D eigenvalue weighted by molar-refractivity contribution is 5.77. The molecule has 1 amide bonds. The van der Waals surface area contributed by atoms with E-state index in [0.29, 0.717) is 11.9 Å². The van der Waals surface area contributed by atoms with Crippen LogP contribution in [0.1, 0.15) is 55.7 Å². The molecule has 3 rings (SSSR count). The summed E-state index contributed by atoms with van der Waals surface area (Å²) in [5.41, 5.74) is 2.60. The summed E-state index contributed by atoms with van der Waals surface area (Å²) in [6.07, 6.45) is 6.51. The van der Waals surface area contributed by atoms with E-state index in [-0.39, 0.29) is 0 Å². The molecule has 0 saturated carbocycles. The van der Waals surface area contributed by atoms with Gasteiger partial charge in [-0.2, -0.15) is 0 Å². The van der Waals surface area contributed by atoms with Gasteiger partial charge >= 0.3 is 0 Å². The molecule has 2 heterocycles. The Labute approximate surface area is 134 Å². The van der Waals surface area contributed by atoms with Gasteiger partial charge in [0.05, 0.1) is 6.04 Å². The minimum absolute atomic E-state index is 0.306. The third-order valence-electron chi connectivity index (χ3n) is 5.23. The molecule has 0 radical (unpaired) electrons. The van der Waals surface area contributed by atoms with Crippen LogP contribution in [-0.4, -0.2) is 30.4 Å². The number of aryl methyl sites for hydroxylation is 1. The molecular weight excluding hydrogens is 272 g/mol. The molecule has 1 atom stereocenters. The smallest absolute Gasteiger partial charge is 0.223 e. The first kappa shape index (κ1) is 15.5. The van der Waals surface area contributed by atoms with Crippen molar-refractivity contribution in [3.8, 4) is 0 Å². The molecule has 0 aromatic heterocycles. The van der Waals surface area contributed by atoms with Gasteiger partial charge in [0.15, 0.2) is 0 Å². The average Bonchev–Trinajstić information content (AvgIpc) is 3.03. The van der Waals surface area contributed by atoms with E-state index in [4.69, 9.17) is 0 Å². The number of nitrogens with zero attached hydrogens (tertiary/aromatic N) is 1. The second-order valence-corrected chi connectivity index (χ2v) is 6.89. The Morgan fingerprint density at radius 3 is 2.86 bits per heavy atom. The Kier molecular flexibility index (Phi) is 5.14. The van der Waals surface area contributed by atoms with Gasteiger partial charge in [-0.15, -0.1) is 0 Å². The van der Waals surface area contributed by atoms with Gasteiger partial charge in [-0.3, -0.25) is 4.79 Å². The summed E-state index contributed by atoms with van der Waals surface area (Å²) in [6, 6.07) is 8.96. The van der Waals surface area contributed by atoms with Crippen molar-refractivity contribution in [3.05, 3.63) is 35.4 Å². The van der Waals surface area contributed by atoms with E-state index in [1.165, 1.54) is 24.0 Å². The number of hydrogen-bond acceptors (Lipinski definition) is 2. The van der Waals surface area contributed by atoms with Crippen molar-refractivity contribution in [3.63, 3.8) is 0 Å². The second kappa shape index (κ2) is 7.28. The van der Waals surface area contributed by atoms with E-state index < -0.39 is 0 Å². The lowest BCUT2D eigenvalue weighted by Gasteiger charge is -2.27. The molecule has 2 aliphatic heterocycles. The Hall–Kier alpha value is -1.35. The van der Waals surface area contributed by atoms with Crippen molar-refractivity contribution >= 4 is 5.91 Å². The molecule has 1 N–H and O–H groups in total. The lowest BCUT2D eigenvalue weighted by atomic mass is 9.93. The van der Waals surface area contributed by atoms with Gasteiger partial charge in [-0.1, -0.05) is 29.8 Å².